The van der Waals surface area contributed by atoms with Crippen molar-refractivity contribution < 1.29 is 13.2 Å². The fraction of sp³-hybridized carbons (Fsp3) is 0.857. The Hall–Kier alpha value is -0.530. The smallest absolute Gasteiger partial charge is 0.312 e. The number of likely N-dealkylation sites (tertiary alicyclic amines) is 1. The van der Waals surface area contributed by atoms with Crippen LogP contribution in [-0.2, 0) is 10.7 Å². The first kappa shape index (κ1) is 14.5. The van der Waals surface area contributed by atoms with Crippen LogP contribution in [-0.4, -0.2) is 44.4 Å². The Morgan fingerprint density at radius 2 is 1.93 bits per heavy atom. The highest BCUT2D eigenvalue weighted by Gasteiger charge is 2.19. The molecule has 1 aliphatic heterocycles. The topological polar surface area (TPSA) is 92.5 Å². The molecular weight excluding hydrogens is 242 g/mol. The number of urea groups is 1. The first-order valence-corrected chi connectivity index (χ1v) is 5.84. The average Bonchev–Trinajstić information content (AvgIpc) is 2.06. The number of carbonyl (C=O) groups is 1. The monoisotopic (exact) mass is 257 g/mol. The molecule has 15 heavy (non-hydrogen) atoms. The molecule has 3 N–H and O–H groups in total. The van der Waals surface area contributed by atoms with Crippen LogP contribution in [0.5, 0.6) is 0 Å². The highest BCUT2D eigenvalue weighted by molar-refractivity contribution is 7.72. The van der Waals surface area contributed by atoms with Crippen LogP contribution in [0.4, 0.5) is 4.79 Å². The predicted octanol–water partition coefficient (Wildman–Crippen LogP) is -0.890. The maximum Gasteiger partial charge on any atom is 0.312 e. The Kier molecular flexibility index (Phi) is 6.62. The van der Waals surface area contributed by atoms with E-state index in [1.54, 1.807) is 0 Å². The van der Waals surface area contributed by atoms with Gasteiger partial charge in [0.2, 0.25) is 0 Å². The lowest BCUT2D eigenvalue weighted by Gasteiger charge is -2.30. The Labute approximate surface area is 96.5 Å². The number of thiol groups is 1. The van der Waals surface area contributed by atoms with Crippen LogP contribution in [0.2, 0.25) is 0 Å². The molecule has 8 heteroatoms. The Morgan fingerprint density at radius 3 is 2.33 bits per heavy atom. The van der Waals surface area contributed by atoms with Gasteiger partial charge in [-0.2, -0.15) is 0 Å². The largest absolute Gasteiger partial charge is 0.352 e. The van der Waals surface area contributed by atoms with E-state index in [-0.39, 0.29) is 24.3 Å². The summed E-state index contributed by atoms with van der Waals surface area (Å²) in [6.07, 6.45) is 1.51. The molecule has 0 aromatic heterocycles. The van der Waals surface area contributed by atoms with Gasteiger partial charge in [-0.3, -0.25) is 4.90 Å². The molecule has 0 bridgehead atoms. The van der Waals surface area contributed by atoms with E-state index in [2.05, 4.69) is 5.32 Å². The van der Waals surface area contributed by atoms with Crippen LogP contribution >= 0.6 is 12.4 Å². The summed E-state index contributed by atoms with van der Waals surface area (Å²) >= 11 is 0. The summed E-state index contributed by atoms with van der Waals surface area (Å²) in [6, 6.07) is -0.424. The van der Waals surface area contributed by atoms with Crippen molar-refractivity contribution in [2.75, 3.05) is 19.0 Å². The van der Waals surface area contributed by atoms with Gasteiger partial charge in [-0.1, -0.05) is 0 Å². The lowest BCUT2D eigenvalue weighted by molar-refractivity contribution is 0.213. The van der Waals surface area contributed by atoms with E-state index in [0.29, 0.717) is 13.1 Å². The fourth-order valence-electron chi connectivity index (χ4n) is 1.58. The van der Waals surface area contributed by atoms with E-state index in [1.165, 1.54) is 0 Å². The third-order valence-electron chi connectivity index (χ3n) is 2.25. The van der Waals surface area contributed by atoms with E-state index < -0.39 is 16.7 Å². The first-order valence-electron chi connectivity index (χ1n) is 4.48. The molecule has 1 rings (SSSR count). The number of piperidine rings is 1. The molecule has 90 valence electrons. The number of carbonyl (C=O) groups excluding carboxylic acids is 1. The van der Waals surface area contributed by atoms with Crippen LogP contribution < -0.4 is 11.1 Å². The van der Waals surface area contributed by atoms with E-state index in [4.69, 9.17) is 5.73 Å². The number of halogens is 1. The molecule has 0 radical (unpaired) electrons. The van der Waals surface area contributed by atoms with Gasteiger partial charge < -0.3 is 11.1 Å². The van der Waals surface area contributed by atoms with E-state index >= 15 is 0 Å². The van der Waals surface area contributed by atoms with Crippen molar-refractivity contribution in [2.45, 2.75) is 18.9 Å². The van der Waals surface area contributed by atoms with Crippen molar-refractivity contribution in [3.05, 3.63) is 0 Å². The number of nitrogens with two attached hydrogens (primary N) is 1. The van der Waals surface area contributed by atoms with Gasteiger partial charge in [0, 0.05) is 19.1 Å². The summed E-state index contributed by atoms with van der Waals surface area (Å²) in [4.78, 5) is 12.4. The lowest BCUT2D eigenvalue weighted by atomic mass is 10.1. The Morgan fingerprint density at radius 1 is 1.40 bits per heavy atom. The zero-order valence-electron chi connectivity index (χ0n) is 8.22. The summed E-state index contributed by atoms with van der Waals surface area (Å²) in [5.41, 5.74) is 4.98. The normalized spacial score (nSPS) is 18.5. The highest BCUT2D eigenvalue weighted by Crippen LogP contribution is 2.09. The molecule has 0 aliphatic carbocycles. The van der Waals surface area contributed by atoms with Crippen molar-refractivity contribution >= 4 is 29.1 Å². The van der Waals surface area contributed by atoms with Crippen molar-refractivity contribution in [2.24, 2.45) is 5.73 Å². The summed E-state index contributed by atoms with van der Waals surface area (Å²) in [7, 11) is -2.34. The molecular formula is C7H16ClN3O3S. The first-order chi connectivity index (χ1) is 6.58. The predicted molar refractivity (Wildman–Crippen MR) is 59.7 cm³/mol. The number of rotatable bonds is 3. The Bertz CT molecular complexity index is 269. The van der Waals surface area contributed by atoms with Gasteiger partial charge in [0.1, 0.15) is 0 Å². The number of hydrogen-bond acceptors (Lipinski definition) is 4. The summed E-state index contributed by atoms with van der Waals surface area (Å²) in [5.74, 6) is 0.110. The minimum Gasteiger partial charge on any atom is -0.352 e. The van der Waals surface area contributed by atoms with Crippen LogP contribution in [0, 0.1) is 0 Å². The zero-order valence-corrected chi connectivity index (χ0v) is 9.93. The second-order valence-corrected chi connectivity index (χ2v) is 4.32. The third-order valence-corrected chi connectivity index (χ3v) is 2.88. The molecule has 1 aliphatic rings. The van der Waals surface area contributed by atoms with Gasteiger partial charge in [0.05, 0.1) is 5.88 Å². The standard InChI is InChI=1S/C7H15N3O3S.ClH/c8-7(11)9-6-1-3-10(4-2-6)5-14(12)13;/h6,14H,1-5H2,(H3,8,9,11);1H. The van der Waals surface area contributed by atoms with Crippen LogP contribution in [0.3, 0.4) is 0 Å². The van der Waals surface area contributed by atoms with Gasteiger partial charge in [0.15, 0.2) is 10.7 Å². The van der Waals surface area contributed by atoms with Crippen molar-refractivity contribution in [1.29, 1.82) is 0 Å². The molecule has 1 fully saturated rings. The second kappa shape index (κ2) is 6.86. The van der Waals surface area contributed by atoms with Gasteiger partial charge in [-0.25, -0.2) is 13.2 Å². The molecule has 0 spiro atoms. The SMILES string of the molecule is Cl.NC(=O)NC1CCN(C[SH](=O)=O)CC1. The minimum atomic E-state index is -2.34. The molecule has 0 saturated carbocycles. The summed E-state index contributed by atoms with van der Waals surface area (Å²) < 4.78 is 20.9. The van der Waals surface area contributed by atoms with Gasteiger partial charge in [0.25, 0.3) is 0 Å². The molecule has 1 saturated heterocycles. The summed E-state index contributed by atoms with van der Waals surface area (Å²) in [5, 5.41) is 2.62. The van der Waals surface area contributed by atoms with Crippen molar-refractivity contribution in [1.82, 2.24) is 10.2 Å². The van der Waals surface area contributed by atoms with Crippen molar-refractivity contribution in [3.63, 3.8) is 0 Å². The van der Waals surface area contributed by atoms with Crippen LogP contribution in [0.25, 0.3) is 0 Å². The molecule has 0 aromatic rings. The fourth-order valence-corrected chi connectivity index (χ4v) is 2.19. The lowest BCUT2D eigenvalue weighted by Crippen LogP contribution is -2.46. The third kappa shape index (κ3) is 5.81. The minimum absolute atomic E-state index is 0. The van der Waals surface area contributed by atoms with Crippen LogP contribution in [0.1, 0.15) is 12.8 Å². The second-order valence-electron chi connectivity index (χ2n) is 3.38. The van der Waals surface area contributed by atoms with E-state index in [1.807, 2.05) is 4.90 Å². The maximum absolute atomic E-state index is 10.5. The molecule has 6 nitrogen and oxygen atoms in total. The van der Waals surface area contributed by atoms with E-state index in [9.17, 15) is 13.2 Å². The molecule has 2 amide bonds. The van der Waals surface area contributed by atoms with Gasteiger partial charge >= 0.3 is 6.03 Å². The number of hydrogen-bond donors (Lipinski definition) is 3. The quantitative estimate of drug-likeness (QED) is 0.572. The van der Waals surface area contributed by atoms with Gasteiger partial charge in [-0.15, -0.1) is 12.4 Å². The highest BCUT2D eigenvalue weighted by atomic mass is 35.5. The van der Waals surface area contributed by atoms with Gasteiger partial charge in [-0.05, 0) is 12.8 Å². The molecule has 0 unspecified atom stereocenters. The number of nitrogens with one attached hydrogen (secondary N) is 1. The van der Waals surface area contributed by atoms with E-state index in [0.717, 1.165) is 12.8 Å². The zero-order chi connectivity index (χ0) is 10.6. The van der Waals surface area contributed by atoms with Crippen molar-refractivity contribution in [3.8, 4) is 0 Å². The molecule has 1 heterocycles. The summed E-state index contributed by atoms with van der Waals surface area (Å²) in [6.45, 7) is 1.38. The number of nitrogens with zero attached hydrogens (tertiary/aromatic N) is 1. The molecule has 0 atom stereocenters. The maximum atomic E-state index is 10.5. The molecule has 0 aromatic carbocycles. The number of amides is 2. The number of primary amides is 1. The Balaban J connectivity index is 0.00000196. The van der Waals surface area contributed by atoms with Crippen LogP contribution in [0.15, 0.2) is 0 Å². The average molecular weight is 258 g/mol.